The fourth-order valence-electron chi connectivity index (χ4n) is 3.49. The molecule has 0 aliphatic heterocycles. The Morgan fingerprint density at radius 2 is 1.62 bits per heavy atom. The third-order valence-electron chi connectivity index (χ3n) is 5.16. The molecule has 3 rings (SSSR count). The van der Waals surface area contributed by atoms with E-state index >= 15 is 0 Å². The standard InChI is InChI=1S/C26H27NO5/c1-3-32-24(26(30)31)16-18-7-9-20(10-8-18)22-6-4-5-19(15-22)17-27(2)25(29)21-11-13-23(28)14-12-21/h4-15,24,28H,3,16-17H2,1-2H3,(H,30,31)/t24-/m0/s1. The van der Waals surface area contributed by atoms with Gasteiger partial charge in [-0.15, -0.1) is 0 Å². The summed E-state index contributed by atoms with van der Waals surface area (Å²) < 4.78 is 5.29. The third kappa shape index (κ3) is 5.95. The van der Waals surface area contributed by atoms with E-state index in [4.69, 9.17) is 4.74 Å². The normalized spacial score (nSPS) is 11.7. The molecule has 0 radical (unpaired) electrons. The van der Waals surface area contributed by atoms with Gasteiger partial charge in [-0.2, -0.15) is 0 Å². The van der Waals surface area contributed by atoms with Gasteiger partial charge in [0, 0.05) is 32.2 Å². The van der Waals surface area contributed by atoms with Crippen LogP contribution in [0.1, 0.15) is 28.4 Å². The fourth-order valence-corrected chi connectivity index (χ4v) is 3.49. The summed E-state index contributed by atoms with van der Waals surface area (Å²) in [5, 5.41) is 18.7. The molecule has 0 aromatic heterocycles. The minimum Gasteiger partial charge on any atom is -0.508 e. The molecule has 3 aromatic rings. The molecule has 0 saturated carbocycles. The number of hydrogen-bond donors (Lipinski definition) is 2. The second kappa shape index (κ2) is 10.6. The number of carboxylic acids is 1. The molecule has 0 unspecified atom stereocenters. The molecule has 3 aromatic carbocycles. The molecule has 1 atom stereocenters. The molecular formula is C26H27NO5. The van der Waals surface area contributed by atoms with Crippen molar-refractivity contribution in [2.45, 2.75) is 26.0 Å². The van der Waals surface area contributed by atoms with Gasteiger partial charge < -0.3 is 19.8 Å². The summed E-state index contributed by atoms with van der Waals surface area (Å²) >= 11 is 0. The molecule has 0 fully saturated rings. The summed E-state index contributed by atoms with van der Waals surface area (Å²) in [5.41, 5.74) is 4.42. The number of phenolic OH excluding ortho intramolecular Hbond substituents is 1. The summed E-state index contributed by atoms with van der Waals surface area (Å²) in [4.78, 5) is 25.6. The van der Waals surface area contributed by atoms with Crippen molar-refractivity contribution < 1.29 is 24.5 Å². The van der Waals surface area contributed by atoms with Crippen LogP contribution >= 0.6 is 0 Å². The maximum Gasteiger partial charge on any atom is 0.333 e. The highest BCUT2D eigenvalue weighted by Crippen LogP contribution is 2.23. The van der Waals surface area contributed by atoms with Crippen LogP contribution in [0.2, 0.25) is 0 Å². The lowest BCUT2D eigenvalue weighted by Gasteiger charge is -2.18. The van der Waals surface area contributed by atoms with Crippen molar-refractivity contribution in [2.24, 2.45) is 0 Å². The average Bonchev–Trinajstić information content (AvgIpc) is 2.79. The van der Waals surface area contributed by atoms with Gasteiger partial charge in [0.25, 0.3) is 5.91 Å². The van der Waals surface area contributed by atoms with Gasteiger partial charge in [-0.3, -0.25) is 4.79 Å². The summed E-state index contributed by atoms with van der Waals surface area (Å²) in [6.45, 7) is 2.58. The van der Waals surface area contributed by atoms with Gasteiger partial charge in [-0.25, -0.2) is 4.79 Å². The van der Waals surface area contributed by atoms with Crippen LogP contribution in [0.4, 0.5) is 0 Å². The van der Waals surface area contributed by atoms with E-state index in [-0.39, 0.29) is 11.7 Å². The molecule has 32 heavy (non-hydrogen) atoms. The zero-order chi connectivity index (χ0) is 23.1. The van der Waals surface area contributed by atoms with Crippen LogP contribution in [-0.4, -0.2) is 46.7 Å². The third-order valence-corrected chi connectivity index (χ3v) is 5.16. The molecule has 0 spiro atoms. The number of hydrogen-bond acceptors (Lipinski definition) is 4. The number of amides is 1. The number of ether oxygens (including phenoxy) is 1. The molecule has 6 heteroatoms. The number of carbonyl (C=O) groups is 2. The van der Waals surface area contributed by atoms with Gasteiger partial charge in [0.05, 0.1) is 0 Å². The zero-order valence-electron chi connectivity index (χ0n) is 18.2. The molecule has 2 N–H and O–H groups in total. The Balaban J connectivity index is 1.69. The van der Waals surface area contributed by atoms with Crippen LogP contribution in [-0.2, 0) is 22.5 Å². The van der Waals surface area contributed by atoms with E-state index < -0.39 is 12.1 Å². The SMILES string of the molecule is CCO[C@@H](Cc1ccc(-c2cccc(CN(C)C(=O)c3ccc(O)cc3)c2)cc1)C(=O)O. The predicted molar refractivity (Wildman–Crippen MR) is 123 cm³/mol. The van der Waals surface area contributed by atoms with Crippen molar-refractivity contribution in [3.05, 3.63) is 89.5 Å². The highest BCUT2D eigenvalue weighted by atomic mass is 16.5. The first kappa shape index (κ1) is 23.0. The lowest BCUT2D eigenvalue weighted by atomic mass is 9.99. The second-order valence-electron chi connectivity index (χ2n) is 7.59. The monoisotopic (exact) mass is 433 g/mol. The number of phenols is 1. The highest BCUT2D eigenvalue weighted by Gasteiger charge is 2.18. The molecule has 0 heterocycles. The molecule has 0 bridgehead atoms. The summed E-state index contributed by atoms with van der Waals surface area (Å²) in [6.07, 6.45) is -0.538. The van der Waals surface area contributed by atoms with Gasteiger partial charge in [0.2, 0.25) is 0 Å². The van der Waals surface area contributed by atoms with Crippen molar-refractivity contribution in [3.63, 3.8) is 0 Å². The van der Waals surface area contributed by atoms with Gasteiger partial charge in [-0.05, 0) is 59.5 Å². The van der Waals surface area contributed by atoms with Crippen molar-refractivity contribution in [1.82, 2.24) is 4.90 Å². The Bertz CT molecular complexity index is 1060. The number of carbonyl (C=O) groups excluding carboxylic acids is 1. The predicted octanol–water partition coefficient (Wildman–Crippen LogP) is 4.36. The van der Waals surface area contributed by atoms with Crippen LogP contribution < -0.4 is 0 Å². The first-order valence-electron chi connectivity index (χ1n) is 10.4. The van der Waals surface area contributed by atoms with Crippen LogP contribution in [0.3, 0.4) is 0 Å². The fraction of sp³-hybridized carbons (Fsp3) is 0.231. The smallest absolute Gasteiger partial charge is 0.333 e. The quantitative estimate of drug-likeness (QED) is 0.523. The van der Waals surface area contributed by atoms with E-state index in [1.165, 1.54) is 12.1 Å². The topological polar surface area (TPSA) is 87.1 Å². The number of aliphatic carboxylic acids is 1. The number of benzene rings is 3. The maximum atomic E-state index is 12.6. The van der Waals surface area contributed by atoms with Crippen molar-refractivity contribution in [3.8, 4) is 16.9 Å². The first-order valence-corrected chi connectivity index (χ1v) is 10.4. The van der Waals surface area contributed by atoms with Crippen LogP contribution in [0, 0.1) is 0 Å². The van der Waals surface area contributed by atoms with Gasteiger partial charge in [-0.1, -0.05) is 42.5 Å². The Morgan fingerprint density at radius 3 is 2.25 bits per heavy atom. The number of aromatic hydroxyl groups is 1. The largest absolute Gasteiger partial charge is 0.508 e. The molecule has 0 aliphatic carbocycles. The molecule has 1 amide bonds. The number of nitrogens with zero attached hydrogens (tertiary/aromatic N) is 1. The lowest BCUT2D eigenvalue weighted by Crippen LogP contribution is -2.26. The van der Waals surface area contributed by atoms with Crippen LogP contribution in [0.25, 0.3) is 11.1 Å². The maximum absolute atomic E-state index is 12.6. The van der Waals surface area contributed by atoms with Crippen molar-refractivity contribution >= 4 is 11.9 Å². The Labute approximate surface area is 187 Å². The first-order chi connectivity index (χ1) is 15.4. The van der Waals surface area contributed by atoms with E-state index in [0.29, 0.717) is 25.1 Å². The lowest BCUT2D eigenvalue weighted by molar-refractivity contribution is -0.149. The Hall–Kier alpha value is -3.64. The number of rotatable bonds is 9. The Morgan fingerprint density at radius 1 is 0.938 bits per heavy atom. The molecule has 0 saturated heterocycles. The summed E-state index contributed by atoms with van der Waals surface area (Å²) in [5.74, 6) is -0.962. The minimum absolute atomic E-state index is 0.123. The molecule has 6 nitrogen and oxygen atoms in total. The Kier molecular flexibility index (Phi) is 7.63. The van der Waals surface area contributed by atoms with Gasteiger partial charge >= 0.3 is 5.97 Å². The van der Waals surface area contributed by atoms with Gasteiger partial charge in [0.15, 0.2) is 6.10 Å². The molecular weight excluding hydrogens is 406 g/mol. The van der Waals surface area contributed by atoms with Gasteiger partial charge in [0.1, 0.15) is 5.75 Å². The average molecular weight is 434 g/mol. The summed E-state index contributed by atoms with van der Waals surface area (Å²) in [7, 11) is 1.74. The van der Waals surface area contributed by atoms with Crippen molar-refractivity contribution in [2.75, 3.05) is 13.7 Å². The van der Waals surface area contributed by atoms with Crippen LogP contribution in [0.15, 0.2) is 72.8 Å². The van der Waals surface area contributed by atoms with Crippen LogP contribution in [0.5, 0.6) is 5.75 Å². The molecule has 0 aliphatic rings. The van der Waals surface area contributed by atoms with E-state index in [1.54, 1.807) is 31.0 Å². The van der Waals surface area contributed by atoms with Crippen molar-refractivity contribution in [1.29, 1.82) is 0 Å². The molecule has 166 valence electrons. The second-order valence-corrected chi connectivity index (χ2v) is 7.59. The highest BCUT2D eigenvalue weighted by molar-refractivity contribution is 5.94. The van der Waals surface area contributed by atoms with E-state index in [9.17, 15) is 19.8 Å². The zero-order valence-corrected chi connectivity index (χ0v) is 18.2. The number of carboxylic acid groups (broad SMARTS) is 1. The summed E-state index contributed by atoms with van der Waals surface area (Å²) in [6, 6.07) is 21.9. The van der Waals surface area contributed by atoms with E-state index in [1.807, 2.05) is 48.5 Å². The minimum atomic E-state index is -0.963. The van der Waals surface area contributed by atoms with E-state index in [0.717, 1.165) is 22.3 Å². The van der Waals surface area contributed by atoms with E-state index in [2.05, 4.69) is 0 Å².